The predicted molar refractivity (Wildman–Crippen MR) is 301 cm³/mol. The molecule has 0 amide bonds. The van der Waals surface area contributed by atoms with Crippen molar-refractivity contribution in [2.45, 2.75) is 6.92 Å². The van der Waals surface area contributed by atoms with E-state index in [4.69, 9.17) is 9.47 Å². The van der Waals surface area contributed by atoms with Crippen molar-refractivity contribution in [2.24, 2.45) is 5.92 Å². The van der Waals surface area contributed by atoms with Crippen LogP contribution in [-0.4, -0.2) is 0 Å². The number of nitrogens with zero attached hydrogens (tertiary/aromatic N) is 2. The van der Waals surface area contributed by atoms with Gasteiger partial charge in [0.15, 0.2) is 0 Å². The van der Waals surface area contributed by atoms with Crippen LogP contribution in [0.25, 0.3) is 39.0 Å². The molecule has 0 fully saturated rings. The van der Waals surface area contributed by atoms with E-state index in [-0.39, 0.29) is 0 Å². The van der Waals surface area contributed by atoms with Crippen LogP contribution in [-0.2, 0) is 0 Å². The van der Waals surface area contributed by atoms with E-state index in [9.17, 15) is 0 Å². The zero-order valence-corrected chi connectivity index (χ0v) is 40.0. The molecule has 0 radical (unpaired) electrons. The van der Waals surface area contributed by atoms with Crippen molar-refractivity contribution in [1.29, 1.82) is 0 Å². The van der Waals surface area contributed by atoms with E-state index in [1.165, 1.54) is 22.3 Å². The second-order valence-electron chi connectivity index (χ2n) is 17.9. The molecule has 10 aromatic rings. The van der Waals surface area contributed by atoms with Crippen LogP contribution in [0.2, 0.25) is 0 Å². The molecule has 1 atom stereocenters. The minimum atomic E-state index is 0.365. The number of hydrogen-bond acceptors (Lipinski definition) is 4. The predicted octanol–water partition coefficient (Wildman–Crippen LogP) is 19.4. The standard InChI is InChI=1S/C68H52N2O2/c1-50-15-11-12-18-58(47-50)57-37-45-62(46-38-57)70(64-20-14-26-68(49-64)72-66-23-9-4-10-24-66)61-43-35-56(36-44-61)53-29-27-52(28-30-53)55-33-41-60(42-34-55)69(59-39-31-54(32-40-59)51-16-5-2-6-17-51)63-19-13-25-67(48-63)71-65-21-7-3-8-22-65/h2-50H,1H3/t50-/m0/s1. The third-order valence-electron chi connectivity index (χ3n) is 12.8. The van der Waals surface area contributed by atoms with Gasteiger partial charge in [0, 0.05) is 46.3 Å². The van der Waals surface area contributed by atoms with Crippen LogP contribution in [0.3, 0.4) is 0 Å². The van der Waals surface area contributed by atoms with Crippen molar-refractivity contribution < 1.29 is 9.47 Å². The molecule has 0 spiro atoms. The molecule has 4 nitrogen and oxygen atoms in total. The Morgan fingerprint density at radius 2 is 0.625 bits per heavy atom. The molecule has 72 heavy (non-hydrogen) atoms. The van der Waals surface area contributed by atoms with Crippen molar-refractivity contribution in [3.05, 3.63) is 297 Å². The zero-order valence-electron chi connectivity index (χ0n) is 40.0. The highest BCUT2D eigenvalue weighted by atomic mass is 16.5. The summed E-state index contributed by atoms with van der Waals surface area (Å²) in [6.45, 7) is 2.22. The molecular formula is C68H52N2O2. The maximum absolute atomic E-state index is 6.32. The van der Waals surface area contributed by atoms with Gasteiger partial charge in [0.1, 0.15) is 23.0 Å². The molecule has 1 aliphatic carbocycles. The van der Waals surface area contributed by atoms with Crippen LogP contribution in [0.15, 0.2) is 291 Å². The van der Waals surface area contributed by atoms with Gasteiger partial charge in [-0.3, -0.25) is 0 Å². The van der Waals surface area contributed by atoms with Gasteiger partial charge in [-0.15, -0.1) is 0 Å². The molecule has 346 valence electrons. The quantitative estimate of drug-likeness (QED) is 0.108. The van der Waals surface area contributed by atoms with Crippen LogP contribution < -0.4 is 19.3 Å². The van der Waals surface area contributed by atoms with Gasteiger partial charge in [-0.1, -0.05) is 189 Å². The highest BCUT2D eigenvalue weighted by molar-refractivity contribution is 5.83. The Morgan fingerprint density at radius 1 is 0.292 bits per heavy atom. The molecule has 0 N–H and O–H groups in total. The fourth-order valence-electron chi connectivity index (χ4n) is 9.20. The Hall–Kier alpha value is -9.38. The van der Waals surface area contributed by atoms with E-state index in [2.05, 4.69) is 223 Å². The smallest absolute Gasteiger partial charge is 0.129 e. The minimum absolute atomic E-state index is 0.365. The Balaban J connectivity index is 0.857. The first-order valence-corrected chi connectivity index (χ1v) is 24.5. The van der Waals surface area contributed by atoms with Crippen molar-refractivity contribution >= 4 is 39.7 Å². The molecule has 0 unspecified atom stereocenters. The number of benzene rings is 10. The summed E-state index contributed by atoms with van der Waals surface area (Å²) in [4.78, 5) is 4.57. The zero-order chi connectivity index (χ0) is 48.5. The molecule has 0 aromatic heterocycles. The van der Waals surface area contributed by atoms with Crippen molar-refractivity contribution in [3.8, 4) is 56.4 Å². The molecule has 0 heterocycles. The number of rotatable bonds is 14. The van der Waals surface area contributed by atoms with E-state index < -0.39 is 0 Å². The highest BCUT2D eigenvalue weighted by Gasteiger charge is 2.17. The van der Waals surface area contributed by atoms with Crippen LogP contribution in [0.4, 0.5) is 34.1 Å². The molecule has 0 saturated heterocycles. The lowest BCUT2D eigenvalue weighted by Crippen LogP contribution is -2.10. The number of anilines is 6. The molecule has 0 saturated carbocycles. The topological polar surface area (TPSA) is 24.9 Å². The fraction of sp³-hybridized carbons (Fsp3) is 0.0294. The molecule has 0 aliphatic heterocycles. The average molecular weight is 929 g/mol. The lowest BCUT2D eigenvalue weighted by atomic mass is 9.99. The lowest BCUT2D eigenvalue weighted by Gasteiger charge is -2.26. The summed E-state index contributed by atoms with van der Waals surface area (Å²) < 4.78 is 12.6. The SMILES string of the molecule is C[C@H]1C=CC=CC(c2ccc(N(c3ccc(-c4ccc(-c5ccc(N(c6ccc(-c7ccccc7)cc6)c6cccc(Oc7ccccc7)c6)cc5)cc4)cc3)c3cccc(Oc4ccccc4)c3)cc2)=C1. The van der Waals surface area contributed by atoms with E-state index in [1.807, 2.05) is 84.9 Å². The second kappa shape index (κ2) is 21.1. The number of hydrogen-bond donors (Lipinski definition) is 0. The van der Waals surface area contributed by atoms with Gasteiger partial charge >= 0.3 is 0 Å². The van der Waals surface area contributed by atoms with Crippen LogP contribution in [0.1, 0.15) is 12.5 Å². The van der Waals surface area contributed by atoms with Crippen LogP contribution in [0.5, 0.6) is 23.0 Å². The van der Waals surface area contributed by atoms with Gasteiger partial charge in [0.2, 0.25) is 0 Å². The Labute approximate surface area is 423 Å². The van der Waals surface area contributed by atoms with E-state index in [0.29, 0.717) is 5.92 Å². The molecule has 10 aromatic carbocycles. The van der Waals surface area contributed by atoms with Crippen LogP contribution >= 0.6 is 0 Å². The number of allylic oxidation sites excluding steroid dienone is 6. The van der Waals surface area contributed by atoms with Gasteiger partial charge < -0.3 is 19.3 Å². The van der Waals surface area contributed by atoms with Crippen molar-refractivity contribution in [3.63, 3.8) is 0 Å². The van der Waals surface area contributed by atoms with Gasteiger partial charge in [0.25, 0.3) is 0 Å². The lowest BCUT2D eigenvalue weighted by molar-refractivity contribution is 0.482. The highest BCUT2D eigenvalue weighted by Crippen LogP contribution is 2.41. The Kier molecular flexibility index (Phi) is 13.2. The maximum Gasteiger partial charge on any atom is 0.129 e. The largest absolute Gasteiger partial charge is 0.457 e. The minimum Gasteiger partial charge on any atom is -0.457 e. The summed E-state index contributed by atoms with van der Waals surface area (Å²) in [5.41, 5.74) is 15.5. The molecule has 1 aliphatic rings. The Bertz CT molecular complexity index is 3480. The summed E-state index contributed by atoms with van der Waals surface area (Å²) >= 11 is 0. The fourth-order valence-corrected chi connectivity index (χ4v) is 9.20. The summed E-state index contributed by atoms with van der Waals surface area (Å²) in [5, 5.41) is 0. The van der Waals surface area contributed by atoms with E-state index in [0.717, 1.165) is 79.4 Å². The number of ether oxygens (including phenoxy) is 2. The van der Waals surface area contributed by atoms with E-state index in [1.54, 1.807) is 0 Å². The summed E-state index contributed by atoms with van der Waals surface area (Å²) in [6.07, 6.45) is 11.0. The third kappa shape index (κ3) is 10.4. The molecule has 11 rings (SSSR count). The van der Waals surface area contributed by atoms with Crippen molar-refractivity contribution in [2.75, 3.05) is 9.80 Å². The van der Waals surface area contributed by atoms with Gasteiger partial charge in [-0.25, -0.2) is 0 Å². The van der Waals surface area contributed by atoms with E-state index >= 15 is 0 Å². The number of para-hydroxylation sites is 2. The monoisotopic (exact) mass is 928 g/mol. The third-order valence-corrected chi connectivity index (χ3v) is 12.8. The van der Waals surface area contributed by atoms with Gasteiger partial charge in [0.05, 0.1) is 0 Å². The maximum atomic E-state index is 6.32. The summed E-state index contributed by atoms with van der Waals surface area (Å²) in [5.74, 6) is 3.50. The second-order valence-corrected chi connectivity index (χ2v) is 17.9. The first-order valence-electron chi connectivity index (χ1n) is 24.5. The normalized spacial score (nSPS) is 12.9. The average Bonchev–Trinajstić information content (AvgIpc) is 3.67. The molecule has 0 bridgehead atoms. The first kappa shape index (κ1) is 45.1. The van der Waals surface area contributed by atoms with Crippen molar-refractivity contribution in [1.82, 2.24) is 0 Å². The summed E-state index contributed by atoms with van der Waals surface area (Å²) in [7, 11) is 0. The summed E-state index contributed by atoms with van der Waals surface area (Å²) in [6, 6.07) is 91.0. The Morgan fingerprint density at radius 3 is 1.03 bits per heavy atom. The van der Waals surface area contributed by atoms with Gasteiger partial charge in [-0.05, 0) is 147 Å². The van der Waals surface area contributed by atoms with Gasteiger partial charge in [-0.2, -0.15) is 0 Å². The molecule has 4 heteroatoms. The first-order chi connectivity index (χ1) is 35.6. The molecular weight excluding hydrogens is 877 g/mol. The van der Waals surface area contributed by atoms with Crippen LogP contribution in [0, 0.1) is 5.92 Å².